The van der Waals surface area contributed by atoms with Gasteiger partial charge in [0, 0.05) is 23.6 Å². The van der Waals surface area contributed by atoms with Gasteiger partial charge >= 0.3 is 0 Å². The summed E-state index contributed by atoms with van der Waals surface area (Å²) in [5, 5.41) is 15.6. The van der Waals surface area contributed by atoms with E-state index in [4.69, 9.17) is 5.14 Å². The third kappa shape index (κ3) is 2.81. The summed E-state index contributed by atoms with van der Waals surface area (Å²) in [4.78, 5) is 11.7. The number of aromatic nitrogens is 2. The van der Waals surface area contributed by atoms with Gasteiger partial charge in [0.15, 0.2) is 0 Å². The summed E-state index contributed by atoms with van der Waals surface area (Å²) in [6.45, 7) is 0. The molecule has 0 saturated heterocycles. The molecule has 0 unspecified atom stereocenters. The highest BCUT2D eigenvalue weighted by Gasteiger charge is 2.14. The minimum Gasteiger partial charge on any atom is -0.355 e. The fourth-order valence-corrected chi connectivity index (χ4v) is 2.91. The normalized spacial score (nSPS) is 11.6. The predicted octanol–water partition coefficient (Wildman–Crippen LogP) is 1.24. The zero-order valence-corrected chi connectivity index (χ0v) is 13.0. The average molecular weight is 330 g/mol. The number of fused-ring (bicyclic) bond motifs is 1. The van der Waals surface area contributed by atoms with Crippen molar-refractivity contribution in [1.29, 1.82) is 0 Å². The number of carbonyl (C=O) groups is 1. The lowest BCUT2D eigenvalue weighted by Gasteiger charge is -2.03. The fraction of sp³-hybridized carbons (Fsp3) is 0.0667. The number of hydrogen-bond donors (Lipinski definition) is 3. The van der Waals surface area contributed by atoms with Gasteiger partial charge in [0.2, 0.25) is 10.0 Å². The third-order valence-electron chi connectivity index (χ3n) is 3.49. The highest BCUT2D eigenvalue weighted by molar-refractivity contribution is 7.89. The number of nitrogens with zero attached hydrogens (tertiary/aromatic N) is 1. The molecule has 1 amide bonds. The predicted molar refractivity (Wildman–Crippen MR) is 86.3 cm³/mol. The van der Waals surface area contributed by atoms with E-state index in [1.54, 1.807) is 37.4 Å². The number of sulfonamides is 1. The first-order chi connectivity index (χ1) is 10.9. The molecule has 0 saturated carbocycles. The SMILES string of the molecule is CNC(=O)c1ccc2c(-c3cccc(S(N)(=O)=O)c3)n[nH]c2c1. The second kappa shape index (κ2) is 5.49. The van der Waals surface area contributed by atoms with E-state index in [9.17, 15) is 13.2 Å². The van der Waals surface area contributed by atoms with Gasteiger partial charge in [0.1, 0.15) is 0 Å². The first-order valence-electron chi connectivity index (χ1n) is 6.73. The minimum absolute atomic E-state index is 0.0214. The Balaban J connectivity index is 2.13. The molecule has 4 N–H and O–H groups in total. The topological polar surface area (TPSA) is 118 Å². The first kappa shape index (κ1) is 15.2. The largest absolute Gasteiger partial charge is 0.355 e. The highest BCUT2D eigenvalue weighted by atomic mass is 32.2. The number of H-pyrrole nitrogens is 1. The quantitative estimate of drug-likeness (QED) is 0.669. The Morgan fingerprint density at radius 2 is 2.00 bits per heavy atom. The molecule has 118 valence electrons. The lowest BCUT2D eigenvalue weighted by Crippen LogP contribution is -2.17. The van der Waals surface area contributed by atoms with Gasteiger partial charge in [-0.05, 0) is 30.3 Å². The van der Waals surface area contributed by atoms with E-state index in [0.29, 0.717) is 22.3 Å². The molecule has 0 aliphatic carbocycles. The number of benzene rings is 2. The lowest BCUT2D eigenvalue weighted by atomic mass is 10.1. The Bertz CT molecular complexity index is 1010. The third-order valence-corrected chi connectivity index (χ3v) is 4.40. The van der Waals surface area contributed by atoms with E-state index in [0.717, 1.165) is 5.39 Å². The molecule has 1 heterocycles. The summed E-state index contributed by atoms with van der Waals surface area (Å²) in [6, 6.07) is 11.4. The van der Waals surface area contributed by atoms with Gasteiger partial charge in [-0.3, -0.25) is 9.89 Å². The van der Waals surface area contributed by atoms with Crippen molar-refractivity contribution in [3.05, 3.63) is 48.0 Å². The number of carbonyl (C=O) groups excluding carboxylic acids is 1. The summed E-state index contributed by atoms with van der Waals surface area (Å²) in [5.41, 5.74) is 2.40. The Kier molecular flexibility index (Phi) is 3.63. The lowest BCUT2D eigenvalue weighted by molar-refractivity contribution is 0.0963. The first-order valence-corrected chi connectivity index (χ1v) is 8.28. The maximum absolute atomic E-state index is 11.7. The molecule has 7 nitrogen and oxygen atoms in total. The number of rotatable bonds is 3. The summed E-state index contributed by atoms with van der Waals surface area (Å²) in [6.07, 6.45) is 0. The maximum atomic E-state index is 11.7. The van der Waals surface area contributed by atoms with Gasteiger partial charge in [0.05, 0.1) is 16.1 Å². The van der Waals surface area contributed by atoms with Crippen molar-refractivity contribution in [1.82, 2.24) is 15.5 Å². The van der Waals surface area contributed by atoms with Crippen LogP contribution in [0.4, 0.5) is 0 Å². The van der Waals surface area contributed by atoms with E-state index in [1.807, 2.05) is 0 Å². The molecule has 0 aliphatic heterocycles. The molecule has 1 aromatic heterocycles. The fourth-order valence-electron chi connectivity index (χ4n) is 2.35. The van der Waals surface area contributed by atoms with Crippen molar-refractivity contribution in [2.45, 2.75) is 4.90 Å². The van der Waals surface area contributed by atoms with E-state index in [1.165, 1.54) is 12.1 Å². The number of hydrogen-bond acceptors (Lipinski definition) is 4. The molecule has 2 aromatic carbocycles. The van der Waals surface area contributed by atoms with Crippen LogP contribution >= 0.6 is 0 Å². The van der Waals surface area contributed by atoms with Crippen LogP contribution in [0.15, 0.2) is 47.4 Å². The number of aromatic amines is 1. The van der Waals surface area contributed by atoms with E-state index >= 15 is 0 Å². The van der Waals surface area contributed by atoms with Crippen LogP contribution in [0, 0.1) is 0 Å². The van der Waals surface area contributed by atoms with Crippen LogP contribution in [0.2, 0.25) is 0 Å². The van der Waals surface area contributed by atoms with Crippen molar-refractivity contribution >= 4 is 26.8 Å². The highest BCUT2D eigenvalue weighted by Crippen LogP contribution is 2.28. The van der Waals surface area contributed by atoms with Gasteiger partial charge in [-0.25, -0.2) is 13.6 Å². The van der Waals surface area contributed by atoms with Crippen molar-refractivity contribution in [2.75, 3.05) is 7.05 Å². The Morgan fingerprint density at radius 3 is 2.70 bits per heavy atom. The second-order valence-corrected chi connectivity index (χ2v) is 6.55. The van der Waals surface area contributed by atoms with Gasteiger partial charge < -0.3 is 5.32 Å². The summed E-state index contributed by atoms with van der Waals surface area (Å²) in [7, 11) is -2.22. The molecule has 0 fully saturated rings. The van der Waals surface area contributed by atoms with Crippen LogP contribution in [0.5, 0.6) is 0 Å². The molecule has 0 spiro atoms. The Morgan fingerprint density at radius 1 is 1.22 bits per heavy atom. The van der Waals surface area contributed by atoms with E-state index < -0.39 is 10.0 Å². The molecule has 0 bridgehead atoms. The molecule has 0 atom stereocenters. The standard InChI is InChI=1S/C15H14N4O3S/c1-17-15(20)10-5-6-12-13(8-10)18-19-14(12)9-3-2-4-11(7-9)23(16,21)22/h2-8H,1H3,(H,17,20)(H,18,19)(H2,16,21,22). The van der Waals surface area contributed by atoms with Crippen molar-refractivity contribution in [3.63, 3.8) is 0 Å². The molecule has 0 aliphatic rings. The number of nitrogens with two attached hydrogens (primary N) is 1. The van der Waals surface area contributed by atoms with Crippen LogP contribution in [0.1, 0.15) is 10.4 Å². The van der Waals surface area contributed by atoms with Crippen molar-refractivity contribution in [3.8, 4) is 11.3 Å². The maximum Gasteiger partial charge on any atom is 0.251 e. The number of nitrogens with one attached hydrogen (secondary N) is 2. The van der Waals surface area contributed by atoms with Crippen molar-refractivity contribution < 1.29 is 13.2 Å². The van der Waals surface area contributed by atoms with E-state index in [2.05, 4.69) is 15.5 Å². The van der Waals surface area contributed by atoms with Gasteiger partial charge in [0.25, 0.3) is 5.91 Å². The average Bonchev–Trinajstić information content (AvgIpc) is 2.96. The summed E-state index contributed by atoms with van der Waals surface area (Å²) in [5.74, 6) is -0.195. The van der Waals surface area contributed by atoms with Crippen LogP contribution in [0.25, 0.3) is 22.2 Å². The molecular formula is C15H14N4O3S. The van der Waals surface area contributed by atoms with Crippen LogP contribution in [-0.4, -0.2) is 31.6 Å². The Hall–Kier alpha value is -2.71. The molecule has 0 radical (unpaired) electrons. The molecule has 3 rings (SSSR count). The van der Waals surface area contributed by atoms with Gasteiger partial charge in [-0.1, -0.05) is 12.1 Å². The van der Waals surface area contributed by atoms with Gasteiger partial charge in [-0.15, -0.1) is 0 Å². The molecular weight excluding hydrogens is 316 g/mol. The molecule has 8 heteroatoms. The van der Waals surface area contributed by atoms with Crippen LogP contribution in [-0.2, 0) is 10.0 Å². The molecule has 3 aromatic rings. The van der Waals surface area contributed by atoms with Crippen LogP contribution < -0.4 is 10.5 Å². The Labute approximate surface area is 132 Å². The van der Waals surface area contributed by atoms with Crippen molar-refractivity contribution in [2.24, 2.45) is 5.14 Å². The van der Waals surface area contributed by atoms with Gasteiger partial charge in [-0.2, -0.15) is 5.10 Å². The smallest absolute Gasteiger partial charge is 0.251 e. The minimum atomic E-state index is -3.78. The van der Waals surface area contributed by atoms with Crippen LogP contribution in [0.3, 0.4) is 0 Å². The second-order valence-electron chi connectivity index (χ2n) is 4.98. The summed E-state index contributed by atoms with van der Waals surface area (Å²) < 4.78 is 23.0. The number of primary sulfonamides is 1. The number of amides is 1. The van der Waals surface area contributed by atoms with E-state index in [-0.39, 0.29) is 10.8 Å². The zero-order valence-electron chi connectivity index (χ0n) is 12.2. The zero-order chi connectivity index (χ0) is 16.6. The summed E-state index contributed by atoms with van der Waals surface area (Å²) >= 11 is 0. The molecule has 23 heavy (non-hydrogen) atoms. The monoisotopic (exact) mass is 330 g/mol.